The summed E-state index contributed by atoms with van der Waals surface area (Å²) in [5, 5.41) is 12.0. The number of thiophene rings is 1. The molecule has 1 saturated heterocycles. The number of benzene rings is 1. The summed E-state index contributed by atoms with van der Waals surface area (Å²) in [6, 6.07) is 7.25. The molecule has 1 aliphatic rings. The van der Waals surface area contributed by atoms with E-state index >= 15 is 0 Å². The number of carbonyl (C=O) groups excluding carboxylic acids is 2. The number of urea groups is 1. The molecule has 10 heteroatoms. The number of rotatable bonds is 5. The Kier molecular flexibility index (Phi) is 7.03. The van der Waals surface area contributed by atoms with Crippen LogP contribution in [0.15, 0.2) is 48.9 Å². The third-order valence-electron chi connectivity index (χ3n) is 5.00. The van der Waals surface area contributed by atoms with Crippen molar-refractivity contribution in [3.63, 3.8) is 0 Å². The highest BCUT2D eigenvalue weighted by Crippen LogP contribution is 2.36. The van der Waals surface area contributed by atoms with Crippen LogP contribution in [-0.2, 0) is 0 Å². The Morgan fingerprint density at radius 1 is 1.16 bits per heavy atom. The summed E-state index contributed by atoms with van der Waals surface area (Å²) in [5.41, 5.74) is 0.954. The minimum atomic E-state index is -0.552. The lowest BCUT2D eigenvalue weighted by molar-refractivity contribution is 0.0937. The van der Waals surface area contributed by atoms with Crippen LogP contribution in [0.25, 0.3) is 10.4 Å². The minimum absolute atomic E-state index is 0.00351. The molecule has 3 aromatic rings. The van der Waals surface area contributed by atoms with Crippen LogP contribution in [0.3, 0.4) is 0 Å². The van der Waals surface area contributed by atoms with E-state index in [2.05, 4.69) is 31.2 Å². The Labute approximate surface area is 188 Å². The highest BCUT2D eigenvalue weighted by Gasteiger charge is 2.22. The second kappa shape index (κ2) is 10.3. The zero-order valence-corrected chi connectivity index (χ0v) is 18.0. The molecule has 166 valence electrons. The third-order valence-corrected chi connectivity index (χ3v) is 6.10. The number of amides is 3. The van der Waals surface area contributed by atoms with Gasteiger partial charge in [-0.3, -0.25) is 20.4 Å². The molecule has 1 aromatic carbocycles. The Balaban J connectivity index is 1.57. The number of nitrogens with one attached hydrogen (secondary N) is 4. The predicted molar refractivity (Wildman–Crippen MR) is 122 cm³/mol. The molecular weight excluding hydrogens is 431 g/mol. The van der Waals surface area contributed by atoms with Crippen molar-refractivity contribution >= 4 is 34.1 Å². The van der Waals surface area contributed by atoms with Crippen molar-refractivity contribution in [2.24, 2.45) is 0 Å². The monoisotopic (exact) mass is 454 g/mol. The van der Waals surface area contributed by atoms with Crippen LogP contribution in [0.4, 0.5) is 20.0 Å². The minimum Gasteiger partial charge on any atom is -0.348 e. The van der Waals surface area contributed by atoms with Crippen LogP contribution in [-0.4, -0.2) is 41.0 Å². The first-order chi connectivity index (χ1) is 15.6. The molecule has 0 radical (unpaired) electrons. The SMILES string of the molecule is O=C(Nc1cnccn1)Nc1sc(-c2cccc(F)c2)cc1C(=O)N[C@H]1CCCCNC1. The molecule has 1 fully saturated rings. The van der Waals surface area contributed by atoms with Crippen LogP contribution in [0.2, 0.25) is 0 Å². The van der Waals surface area contributed by atoms with Gasteiger partial charge in [0.15, 0.2) is 5.82 Å². The van der Waals surface area contributed by atoms with E-state index in [1.807, 2.05) is 0 Å². The first kappa shape index (κ1) is 21.8. The molecule has 0 unspecified atom stereocenters. The van der Waals surface area contributed by atoms with Gasteiger partial charge in [0, 0.05) is 29.9 Å². The molecule has 4 rings (SSSR count). The highest BCUT2D eigenvalue weighted by atomic mass is 32.1. The molecule has 0 saturated carbocycles. The van der Waals surface area contributed by atoms with Crippen molar-refractivity contribution in [3.05, 3.63) is 60.3 Å². The zero-order chi connectivity index (χ0) is 22.3. The summed E-state index contributed by atoms with van der Waals surface area (Å²) >= 11 is 1.20. The number of carbonyl (C=O) groups is 2. The molecule has 0 spiro atoms. The maximum absolute atomic E-state index is 13.7. The average molecular weight is 455 g/mol. The summed E-state index contributed by atoms with van der Waals surface area (Å²) in [4.78, 5) is 34.2. The van der Waals surface area contributed by atoms with Gasteiger partial charge in [0.1, 0.15) is 10.8 Å². The van der Waals surface area contributed by atoms with Crippen molar-refractivity contribution in [1.29, 1.82) is 0 Å². The number of anilines is 2. The lowest BCUT2D eigenvalue weighted by Crippen LogP contribution is -2.41. The van der Waals surface area contributed by atoms with Crippen molar-refractivity contribution in [2.45, 2.75) is 25.3 Å². The number of hydrogen-bond acceptors (Lipinski definition) is 6. The van der Waals surface area contributed by atoms with Crippen molar-refractivity contribution in [1.82, 2.24) is 20.6 Å². The molecule has 1 aliphatic heterocycles. The molecule has 2 aromatic heterocycles. The lowest BCUT2D eigenvalue weighted by atomic mass is 10.1. The van der Waals surface area contributed by atoms with Crippen molar-refractivity contribution in [3.8, 4) is 10.4 Å². The second-order valence-electron chi connectivity index (χ2n) is 7.40. The maximum Gasteiger partial charge on any atom is 0.325 e. The molecule has 1 atom stereocenters. The van der Waals surface area contributed by atoms with Gasteiger partial charge in [0.2, 0.25) is 0 Å². The summed E-state index contributed by atoms with van der Waals surface area (Å²) < 4.78 is 13.7. The van der Waals surface area contributed by atoms with Crippen LogP contribution in [0.1, 0.15) is 29.6 Å². The van der Waals surface area contributed by atoms with E-state index in [1.165, 1.54) is 42.1 Å². The molecule has 0 aliphatic carbocycles. The Morgan fingerprint density at radius 3 is 2.88 bits per heavy atom. The van der Waals surface area contributed by atoms with E-state index in [1.54, 1.807) is 18.2 Å². The Bertz CT molecular complexity index is 1080. The molecule has 3 heterocycles. The summed E-state index contributed by atoms with van der Waals surface area (Å²) in [5.74, 6) is -0.379. The number of nitrogens with zero attached hydrogens (tertiary/aromatic N) is 2. The number of halogens is 1. The quantitative estimate of drug-likeness (QED) is 0.468. The fourth-order valence-electron chi connectivity index (χ4n) is 3.46. The standard InChI is InChI=1S/C22H23FN6O2S/c23-15-5-3-4-14(10-15)18-11-17(20(30)27-16-6-1-2-7-24-12-16)21(32-18)29-22(31)28-19-13-25-8-9-26-19/h3-5,8-11,13,16,24H,1-2,6-7,12H2,(H,27,30)(H2,26,28,29,31)/t16-/m0/s1. The van der Waals surface area contributed by atoms with Gasteiger partial charge in [-0.25, -0.2) is 14.2 Å². The van der Waals surface area contributed by atoms with Gasteiger partial charge >= 0.3 is 6.03 Å². The van der Waals surface area contributed by atoms with Crippen molar-refractivity contribution in [2.75, 3.05) is 23.7 Å². The smallest absolute Gasteiger partial charge is 0.325 e. The molecule has 4 N–H and O–H groups in total. The van der Waals surface area contributed by atoms with Gasteiger partial charge in [-0.15, -0.1) is 11.3 Å². The van der Waals surface area contributed by atoms with E-state index in [0.717, 1.165) is 25.8 Å². The Morgan fingerprint density at radius 2 is 2.06 bits per heavy atom. The number of hydrogen-bond donors (Lipinski definition) is 4. The van der Waals surface area contributed by atoms with E-state index in [0.29, 0.717) is 27.5 Å². The van der Waals surface area contributed by atoms with Crippen molar-refractivity contribution < 1.29 is 14.0 Å². The zero-order valence-electron chi connectivity index (χ0n) is 17.2. The van der Waals surface area contributed by atoms with Gasteiger partial charge in [-0.05, 0) is 43.1 Å². The fourth-order valence-corrected chi connectivity index (χ4v) is 4.50. The summed E-state index contributed by atoms with van der Waals surface area (Å²) in [6.07, 6.45) is 7.36. The van der Waals surface area contributed by atoms with Crippen LogP contribution >= 0.6 is 11.3 Å². The predicted octanol–water partition coefficient (Wildman–Crippen LogP) is 3.86. The fraction of sp³-hybridized carbons (Fsp3) is 0.273. The summed E-state index contributed by atoms with van der Waals surface area (Å²) in [6.45, 7) is 1.63. The first-order valence-corrected chi connectivity index (χ1v) is 11.2. The van der Waals surface area contributed by atoms with Crippen LogP contribution < -0.4 is 21.3 Å². The first-order valence-electron chi connectivity index (χ1n) is 10.3. The van der Waals surface area contributed by atoms with E-state index in [9.17, 15) is 14.0 Å². The third kappa shape index (κ3) is 5.65. The molecule has 32 heavy (non-hydrogen) atoms. The lowest BCUT2D eigenvalue weighted by Gasteiger charge is -2.16. The average Bonchev–Trinajstić information content (AvgIpc) is 3.03. The van der Waals surface area contributed by atoms with Crippen LogP contribution in [0.5, 0.6) is 0 Å². The van der Waals surface area contributed by atoms with Gasteiger partial charge in [0.25, 0.3) is 5.91 Å². The molecule has 8 nitrogen and oxygen atoms in total. The normalized spacial score (nSPS) is 16.1. The van der Waals surface area contributed by atoms with Gasteiger partial charge in [-0.2, -0.15) is 0 Å². The molecule has 3 amide bonds. The molecule has 0 bridgehead atoms. The van der Waals surface area contributed by atoms with E-state index < -0.39 is 6.03 Å². The topological polar surface area (TPSA) is 108 Å². The molecular formula is C22H23FN6O2S. The largest absolute Gasteiger partial charge is 0.348 e. The maximum atomic E-state index is 13.7. The number of aromatic nitrogens is 2. The van der Waals surface area contributed by atoms with E-state index in [-0.39, 0.29) is 23.6 Å². The Hall–Kier alpha value is -3.37. The van der Waals surface area contributed by atoms with Gasteiger partial charge in [-0.1, -0.05) is 18.6 Å². The van der Waals surface area contributed by atoms with Gasteiger partial charge < -0.3 is 10.6 Å². The second-order valence-corrected chi connectivity index (χ2v) is 8.46. The highest BCUT2D eigenvalue weighted by molar-refractivity contribution is 7.20. The van der Waals surface area contributed by atoms with Gasteiger partial charge in [0.05, 0.1) is 11.8 Å². The van der Waals surface area contributed by atoms with Crippen LogP contribution in [0, 0.1) is 5.82 Å². The summed E-state index contributed by atoms with van der Waals surface area (Å²) in [7, 11) is 0. The van der Waals surface area contributed by atoms with E-state index in [4.69, 9.17) is 0 Å².